The van der Waals surface area contributed by atoms with E-state index < -0.39 is 0 Å². The first-order valence-corrected chi connectivity index (χ1v) is 9.19. The Hall–Kier alpha value is -2.13. The highest BCUT2D eigenvalue weighted by Gasteiger charge is 2.14. The van der Waals surface area contributed by atoms with Gasteiger partial charge in [0, 0.05) is 27.1 Å². The number of benzene rings is 3. The average molecular weight is 400 g/mol. The van der Waals surface area contributed by atoms with Crippen LogP contribution < -0.4 is 0 Å². The molecule has 0 amide bonds. The van der Waals surface area contributed by atoms with Gasteiger partial charge in [0.2, 0.25) is 0 Å². The number of halogens is 3. The van der Waals surface area contributed by atoms with Gasteiger partial charge in [0.15, 0.2) is 0 Å². The van der Waals surface area contributed by atoms with Gasteiger partial charge < -0.3 is 0 Å². The van der Waals surface area contributed by atoms with Crippen molar-refractivity contribution in [3.8, 4) is 11.3 Å². The van der Waals surface area contributed by atoms with E-state index in [1.807, 2.05) is 60.7 Å². The van der Waals surface area contributed by atoms with Crippen LogP contribution in [0.1, 0.15) is 11.3 Å². The second-order valence-corrected chi connectivity index (χ2v) is 7.21. The van der Waals surface area contributed by atoms with Crippen LogP contribution in [0.3, 0.4) is 0 Å². The van der Waals surface area contributed by atoms with Crippen molar-refractivity contribution in [2.24, 2.45) is 0 Å². The van der Waals surface area contributed by atoms with E-state index in [9.17, 15) is 0 Å². The molecule has 5 heteroatoms. The first-order valence-electron chi connectivity index (χ1n) is 8.06. The summed E-state index contributed by atoms with van der Waals surface area (Å²) in [6, 6.07) is 20.9. The minimum Gasteiger partial charge on any atom is -0.249 e. The van der Waals surface area contributed by atoms with Gasteiger partial charge in [0.25, 0.3) is 0 Å². The Morgan fingerprint density at radius 2 is 1.42 bits per heavy atom. The lowest BCUT2D eigenvalue weighted by Crippen LogP contribution is -2.01. The van der Waals surface area contributed by atoms with Crippen molar-refractivity contribution in [1.29, 1.82) is 0 Å². The van der Waals surface area contributed by atoms with E-state index in [1.165, 1.54) is 0 Å². The molecule has 0 saturated heterocycles. The van der Waals surface area contributed by atoms with Gasteiger partial charge in [-0.1, -0.05) is 65.1 Å². The summed E-state index contributed by atoms with van der Waals surface area (Å²) in [7, 11) is 0. The second kappa shape index (κ2) is 7.24. The summed E-state index contributed by atoms with van der Waals surface area (Å²) < 4.78 is 0. The van der Waals surface area contributed by atoms with Crippen LogP contribution in [-0.4, -0.2) is 9.97 Å². The van der Waals surface area contributed by atoms with Gasteiger partial charge in [-0.3, -0.25) is 0 Å². The Bertz CT molecular complexity index is 1110. The summed E-state index contributed by atoms with van der Waals surface area (Å²) in [5, 5.41) is 1.89. The van der Waals surface area contributed by atoms with E-state index in [0.717, 1.165) is 33.5 Å². The van der Waals surface area contributed by atoms with Crippen molar-refractivity contribution in [3.05, 3.63) is 93.1 Å². The second-order valence-electron chi connectivity index (χ2n) is 5.93. The third kappa shape index (κ3) is 3.54. The molecule has 0 fully saturated rings. The van der Waals surface area contributed by atoms with Crippen LogP contribution in [0.25, 0.3) is 22.3 Å². The molecule has 0 atom stereocenters. The molecule has 0 saturated carbocycles. The molecule has 0 unspecified atom stereocenters. The summed E-state index contributed by atoms with van der Waals surface area (Å²) in [6.07, 6.45) is 0.551. The molecule has 0 N–H and O–H groups in total. The molecule has 4 rings (SSSR count). The number of hydrogen-bond acceptors (Lipinski definition) is 2. The van der Waals surface area contributed by atoms with Gasteiger partial charge in [-0.2, -0.15) is 0 Å². The Morgan fingerprint density at radius 3 is 2.15 bits per heavy atom. The number of para-hydroxylation sites is 2. The van der Waals surface area contributed by atoms with Crippen molar-refractivity contribution in [3.63, 3.8) is 0 Å². The first kappa shape index (κ1) is 17.3. The predicted molar refractivity (Wildman–Crippen MR) is 109 cm³/mol. The van der Waals surface area contributed by atoms with Gasteiger partial charge in [-0.25, -0.2) is 9.97 Å². The van der Waals surface area contributed by atoms with Crippen LogP contribution in [0.2, 0.25) is 15.1 Å². The predicted octanol–water partition coefficient (Wildman–Crippen LogP) is 6.85. The van der Waals surface area contributed by atoms with Crippen molar-refractivity contribution in [1.82, 2.24) is 9.97 Å². The fourth-order valence-electron chi connectivity index (χ4n) is 2.87. The Labute approximate surface area is 166 Å². The van der Waals surface area contributed by atoms with E-state index in [-0.39, 0.29) is 0 Å². The highest BCUT2D eigenvalue weighted by molar-refractivity contribution is 6.35. The Balaban J connectivity index is 1.89. The highest BCUT2D eigenvalue weighted by Crippen LogP contribution is 2.29. The van der Waals surface area contributed by atoms with Crippen molar-refractivity contribution in [2.75, 3.05) is 0 Å². The topological polar surface area (TPSA) is 25.8 Å². The van der Waals surface area contributed by atoms with E-state index >= 15 is 0 Å². The van der Waals surface area contributed by atoms with Gasteiger partial charge >= 0.3 is 0 Å². The number of hydrogen-bond donors (Lipinski definition) is 0. The monoisotopic (exact) mass is 398 g/mol. The van der Waals surface area contributed by atoms with Crippen LogP contribution in [0, 0.1) is 0 Å². The minimum atomic E-state index is 0.551. The first-order chi connectivity index (χ1) is 12.6. The lowest BCUT2D eigenvalue weighted by Gasteiger charge is -2.12. The van der Waals surface area contributed by atoms with Crippen LogP contribution in [0.5, 0.6) is 0 Å². The van der Waals surface area contributed by atoms with Crippen molar-refractivity contribution < 1.29 is 0 Å². The molecule has 0 bridgehead atoms. The Kier molecular flexibility index (Phi) is 4.82. The minimum absolute atomic E-state index is 0.551. The number of fused-ring (bicyclic) bond motifs is 1. The van der Waals surface area contributed by atoms with E-state index in [0.29, 0.717) is 21.5 Å². The maximum Gasteiger partial charge on any atom is 0.0929 e. The third-order valence-corrected chi connectivity index (χ3v) is 4.94. The quantitative estimate of drug-likeness (QED) is 0.376. The van der Waals surface area contributed by atoms with E-state index in [2.05, 4.69) is 0 Å². The van der Waals surface area contributed by atoms with Gasteiger partial charge in [0.05, 0.1) is 22.4 Å². The largest absolute Gasteiger partial charge is 0.249 e. The SMILES string of the molecule is Clc1cccc(-c2nc3ccccc3nc2Cc2ccc(Cl)cc2Cl)c1. The van der Waals surface area contributed by atoms with Crippen LogP contribution >= 0.6 is 34.8 Å². The van der Waals surface area contributed by atoms with Crippen LogP contribution in [0.4, 0.5) is 0 Å². The lowest BCUT2D eigenvalue weighted by atomic mass is 10.0. The average Bonchev–Trinajstić information content (AvgIpc) is 2.63. The van der Waals surface area contributed by atoms with Crippen molar-refractivity contribution >= 4 is 45.8 Å². The maximum absolute atomic E-state index is 6.37. The van der Waals surface area contributed by atoms with Crippen molar-refractivity contribution in [2.45, 2.75) is 6.42 Å². The molecule has 3 aromatic carbocycles. The number of rotatable bonds is 3. The molecule has 0 spiro atoms. The zero-order chi connectivity index (χ0) is 18.1. The summed E-state index contributed by atoms with van der Waals surface area (Å²) >= 11 is 18.6. The summed E-state index contributed by atoms with van der Waals surface area (Å²) in [5.41, 5.74) is 5.21. The normalized spacial score (nSPS) is 11.0. The summed E-state index contributed by atoms with van der Waals surface area (Å²) in [4.78, 5) is 9.68. The summed E-state index contributed by atoms with van der Waals surface area (Å²) in [5.74, 6) is 0. The van der Waals surface area contributed by atoms with Crippen LogP contribution in [0.15, 0.2) is 66.7 Å². The third-order valence-electron chi connectivity index (χ3n) is 4.11. The zero-order valence-electron chi connectivity index (χ0n) is 13.6. The highest BCUT2D eigenvalue weighted by atomic mass is 35.5. The fraction of sp³-hybridized carbons (Fsp3) is 0.0476. The molecule has 128 valence electrons. The molecule has 0 aliphatic carbocycles. The van der Waals surface area contributed by atoms with Gasteiger partial charge in [-0.05, 0) is 42.0 Å². The molecular formula is C21H13Cl3N2. The lowest BCUT2D eigenvalue weighted by molar-refractivity contribution is 1.07. The Morgan fingerprint density at radius 1 is 0.692 bits per heavy atom. The fourth-order valence-corrected chi connectivity index (χ4v) is 3.54. The molecular weight excluding hydrogens is 387 g/mol. The number of aromatic nitrogens is 2. The standard InChI is InChI=1S/C21H13Cl3N2/c22-15-5-3-4-14(10-15)21-20(11-13-8-9-16(23)12-17(13)24)25-18-6-1-2-7-19(18)26-21/h1-10,12H,11H2. The maximum atomic E-state index is 6.37. The zero-order valence-corrected chi connectivity index (χ0v) is 15.9. The van der Waals surface area contributed by atoms with Gasteiger partial charge in [-0.15, -0.1) is 0 Å². The van der Waals surface area contributed by atoms with Gasteiger partial charge in [0.1, 0.15) is 0 Å². The number of nitrogens with zero attached hydrogens (tertiary/aromatic N) is 2. The molecule has 0 radical (unpaired) electrons. The molecule has 4 aromatic rings. The molecule has 1 aromatic heterocycles. The molecule has 1 heterocycles. The van der Waals surface area contributed by atoms with E-state index in [4.69, 9.17) is 44.8 Å². The molecule has 0 aliphatic heterocycles. The smallest absolute Gasteiger partial charge is 0.0929 e. The van der Waals surface area contributed by atoms with Crippen LogP contribution in [-0.2, 0) is 6.42 Å². The summed E-state index contributed by atoms with van der Waals surface area (Å²) in [6.45, 7) is 0. The van der Waals surface area contributed by atoms with E-state index in [1.54, 1.807) is 6.07 Å². The molecule has 26 heavy (non-hydrogen) atoms. The molecule has 2 nitrogen and oxygen atoms in total. The molecule has 0 aliphatic rings.